The number of amides is 1. The summed E-state index contributed by atoms with van der Waals surface area (Å²) in [6, 6.07) is 0. The molecule has 0 heterocycles. The molecule has 18 heavy (non-hydrogen) atoms. The molecule has 0 aliphatic heterocycles. The quantitative estimate of drug-likeness (QED) is 0.759. The molecule has 106 valence electrons. The first-order valence-corrected chi connectivity index (χ1v) is 7.63. The highest BCUT2D eigenvalue weighted by Gasteiger charge is 2.42. The average molecular weight is 254 g/mol. The molecular formula is C15H30N2O. The monoisotopic (exact) mass is 254 g/mol. The lowest BCUT2D eigenvalue weighted by atomic mass is 9.84. The lowest BCUT2D eigenvalue weighted by Gasteiger charge is -2.34. The minimum absolute atomic E-state index is 0.234. The van der Waals surface area contributed by atoms with Gasteiger partial charge in [-0.15, -0.1) is 0 Å². The SMILES string of the molecule is CCC(CC)CN(CC)C(=O)C1(CN)CCCC1. The van der Waals surface area contributed by atoms with Crippen molar-refractivity contribution in [2.24, 2.45) is 17.1 Å². The molecule has 3 heteroatoms. The maximum absolute atomic E-state index is 12.7. The second-order valence-electron chi connectivity index (χ2n) is 5.72. The fraction of sp³-hybridized carbons (Fsp3) is 0.933. The third-order valence-electron chi connectivity index (χ3n) is 4.71. The Morgan fingerprint density at radius 3 is 2.17 bits per heavy atom. The van der Waals surface area contributed by atoms with Gasteiger partial charge in [-0.2, -0.15) is 0 Å². The van der Waals surface area contributed by atoms with Crippen molar-refractivity contribution in [3.63, 3.8) is 0 Å². The highest BCUT2D eigenvalue weighted by molar-refractivity contribution is 5.83. The summed E-state index contributed by atoms with van der Waals surface area (Å²) in [5, 5.41) is 0. The van der Waals surface area contributed by atoms with Crippen LogP contribution in [0.4, 0.5) is 0 Å². The van der Waals surface area contributed by atoms with Crippen molar-refractivity contribution in [3.8, 4) is 0 Å². The summed E-state index contributed by atoms with van der Waals surface area (Å²) in [5.74, 6) is 0.946. The summed E-state index contributed by atoms with van der Waals surface area (Å²) < 4.78 is 0. The molecule has 2 N–H and O–H groups in total. The van der Waals surface area contributed by atoms with Crippen LogP contribution >= 0.6 is 0 Å². The van der Waals surface area contributed by atoms with E-state index in [-0.39, 0.29) is 5.41 Å². The van der Waals surface area contributed by atoms with Crippen molar-refractivity contribution < 1.29 is 4.79 Å². The highest BCUT2D eigenvalue weighted by Crippen LogP contribution is 2.39. The predicted octanol–water partition coefficient (Wildman–Crippen LogP) is 2.79. The molecule has 1 saturated carbocycles. The van der Waals surface area contributed by atoms with E-state index in [2.05, 4.69) is 25.7 Å². The van der Waals surface area contributed by atoms with Gasteiger partial charge in [0, 0.05) is 19.6 Å². The summed E-state index contributed by atoms with van der Waals surface area (Å²) >= 11 is 0. The molecule has 0 aromatic rings. The van der Waals surface area contributed by atoms with Crippen LogP contribution in [-0.2, 0) is 4.79 Å². The highest BCUT2D eigenvalue weighted by atomic mass is 16.2. The van der Waals surface area contributed by atoms with Crippen molar-refractivity contribution in [2.45, 2.75) is 59.3 Å². The maximum Gasteiger partial charge on any atom is 0.230 e. The molecule has 0 radical (unpaired) electrons. The third-order valence-corrected chi connectivity index (χ3v) is 4.71. The molecule has 1 amide bonds. The Labute approximate surface area is 112 Å². The standard InChI is InChI=1S/C15H30N2O/c1-4-13(5-2)11-17(6-3)14(18)15(12-16)9-7-8-10-15/h13H,4-12,16H2,1-3H3. The molecule has 1 aliphatic rings. The van der Waals surface area contributed by atoms with Crippen LogP contribution < -0.4 is 5.73 Å². The largest absolute Gasteiger partial charge is 0.342 e. The maximum atomic E-state index is 12.7. The molecule has 0 atom stereocenters. The van der Waals surface area contributed by atoms with E-state index >= 15 is 0 Å². The Hall–Kier alpha value is -0.570. The number of nitrogens with two attached hydrogens (primary N) is 1. The molecule has 1 rings (SSSR count). The molecule has 0 aromatic heterocycles. The third kappa shape index (κ3) is 3.25. The summed E-state index contributed by atoms with van der Waals surface area (Å²) in [7, 11) is 0. The van der Waals surface area contributed by atoms with E-state index in [1.807, 2.05) is 0 Å². The number of rotatable bonds is 7. The van der Waals surface area contributed by atoms with E-state index in [9.17, 15) is 4.79 Å². The van der Waals surface area contributed by atoms with Gasteiger partial charge in [0.25, 0.3) is 0 Å². The number of nitrogens with zero attached hydrogens (tertiary/aromatic N) is 1. The summed E-state index contributed by atoms with van der Waals surface area (Å²) in [6.07, 6.45) is 6.59. The zero-order valence-corrected chi connectivity index (χ0v) is 12.4. The number of hydrogen-bond donors (Lipinski definition) is 1. The minimum atomic E-state index is -0.234. The molecule has 0 saturated heterocycles. The Balaban J connectivity index is 2.71. The summed E-state index contributed by atoms with van der Waals surface area (Å²) in [5.41, 5.74) is 5.68. The normalized spacial score (nSPS) is 18.3. The smallest absolute Gasteiger partial charge is 0.230 e. The van der Waals surface area contributed by atoms with E-state index in [4.69, 9.17) is 5.73 Å². The zero-order valence-electron chi connectivity index (χ0n) is 12.4. The predicted molar refractivity (Wildman–Crippen MR) is 76.3 cm³/mol. The van der Waals surface area contributed by atoms with E-state index in [0.29, 0.717) is 18.4 Å². The van der Waals surface area contributed by atoms with Gasteiger partial charge in [0.2, 0.25) is 5.91 Å². The average Bonchev–Trinajstić information content (AvgIpc) is 2.89. The van der Waals surface area contributed by atoms with Crippen LogP contribution in [0.2, 0.25) is 0 Å². The second kappa shape index (κ2) is 7.13. The molecule has 0 bridgehead atoms. The van der Waals surface area contributed by atoms with Crippen LogP contribution in [0.25, 0.3) is 0 Å². The number of carbonyl (C=O) groups is 1. The van der Waals surface area contributed by atoms with E-state index in [1.54, 1.807) is 0 Å². The Morgan fingerprint density at radius 1 is 1.22 bits per heavy atom. The van der Waals surface area contributed by atoms with Gasteiger partial charge in [0.1, 0.15) is 0 Å². The van der Waals surface area contributed by atoms with Gasteiger partial charge in [-0.3, -0.25) is 4.79 Å². The van der Waals surface area contributed by atoms with Crippen LogP contribution in [0.3, 0.4) is 0 Å². The molecule has 0 aromatic carbocycles. The van der Waals surface area contributed by atoms with Crippen LogP contribution in [0.1, 0.15) is 59.3 Å². The first-order valence-electron chi connectivity index (χ1n) is 7.63. The van der Waals surface area contributed by atoms with Crippen molar-refractivity contribution >= 4 is 5.91 Å². The van der Waals surface area contributed by atoms with Gasteiger partial charge in [-0.25, -0.2) is 0 Å². The summed E-state index contributed by atoms with van der Waals surface area (Å²) in [6.45, 7) is 8.74. The minimum Gasteiger partial charge on any atom is -0.342 e. The molecule has 0 unspecified atom stereocenters. The molecule has 3 nitrogen and oxygen atoms in total. The fourth-order valence-electron chi connectivity index (χ4n) is 3.11. The van der Waals surface area contributed by atoms with E-state index in [0.717, 1.165) is 51.6 Å². The second-order valence-corrected chi connectivity index (χ2v) is 5.72. The first kappa shape index (κ1) is 15.5. The fourth-order valence-corrected chi connectivity index (χ4v) is 3.11. The van der Waals surface area contributed by atoms with Gasteiger partial charge in [0.05, 0.1) is 5.41 Å². The molecule has 0 spiro atoms. The van der Waals surface area contributed by atoms with Crippen molar-refractivity contribution in [2.75, 3.05) is 19.6 Å². The van der Waals surface area contributed by atoms with Crippen molar-refractivity contribution in [1.29, 1.82) is 0 Å². The first-order chi connectivity index (χ1) is 8.63. The zero-order chi connectivity index (χ0) is 13.6. The van der Waals surface area contributed by atoms with Gasteiger partial charge in [-0.1, -0.05) is 39.5 Å². The van der Waals surface area contributed by atoms with Crippen molar-refractivity contribution in [1.82, 2.24) is 4.90 Å². The van der Waals surface area contributed by atoms with E-state index < -0.39 is 0 Å². The van der Waals surface area contributed by atoms with Crippen molar-refractivity contribution in [3.05, 3.63) is 0 Å². The topological polar surface area (TPSA) is 46.3 Å². The van der Waals surface area contributed by atoms with E-state index in [1.165, 1.54) is 0 Å². The lowest BCUT2D eigenvalue weighted by molar-refractivity contribution is -0.142. The Morgan fingerprint density at radius 2 is 1.78 bits per heavy atom. The van der Waals surface area contributed by atoms with Crippen LogP contribution in [0.15, 0.2) is 0 Å². The Bertz CT molecular complexity index is 255. The van der Waals surface area contributed by atoms with Gasteiger partial charge in [0.15, 0.2) is 0 Å². The lowest BCUT2D eigenvalue weighted by Crippen LogP contribution is -2.48. The number of hydrogen-bond acceptors (Lipinski definition) is 2. The molecule has 1 aliphatic carbocycles. The van der Waals surface area contributed by atoms with Crippen LogP contribution in [-0.4, -0.2) is 30.4 Å². The summed E-state index contributed by atoms with van der Waals surface area (Å²) in [4.78, 5) is 14.8. The van der Waals surface area contributed by atoms with Gasteiger partial charge < -0.3 is 10.6 Å². The molecular weight excluding hydrogens is 224 g/mol. The van der Waals surface area contributed by atoms with Crippen LogP contribution in [0.5, 0.6) is 0 Å². The number of carbonyl (C=O) groups excluding carboxylic acids is 1. The molecule has 1 fully saturated rings. The van der Waals surface area contributed by atoms with Gasteiger partial charge >= 0.3 is 0 Å². The van der Waals surface area contributed by atoms with Gasteiger partial charge in [-0.05, 0) is 25.7 Å². The Kier molecular flexibility index (Phi) is 6.13. The van der Waals surface area contributed by atoms with Crippen LogP contribution in [0, 0.1) is 11.3 Å².